The zero-order valence-corrected chi connectivity index (χ0v) is 12.7. The van der Waals surface area contributed by atoms with Crippen LogP contribution in [0.1, 0.15) is 11.7 Å². The maximum Gasteiger partial charge on any atom is 0.413 e. The van der Waals surface area contributed by atoms with Crippen LogP contribution in [-0.2, 0) is 24.4 Å². The van der Waals surface area contributed by atoms with Crippen LogP contribution in [0.3, 0.4) is 0 Å². The average Bonchev–Trinajstić information content (AvgIpc) is 2.29. The van der Waals surface area contributed by atoms with Crippen LogP contribution in [0.4, 0.5) is 0 Å². The minimum atomic E-state index is -5.12. The van der Waals surface area contributed by atoms with Gasteiger partial charge in [0.15, 0.2) is 11.5 Å². The van der Waals surface area contributed by atoms with Crippen LogP contribution in [-0.4, -0.2) is 54.9 Å². The Morgan fingerprint density at radius 1 is 1.09 bits per heavy atom. The lowest BCUT2D eigenvalue weighted by Gasteiger charge is -2.10. The highest BCUT2D eigenvalue weighted by atomic mass is 32.3. The van der Waals surface area contributed by atoms with Crippen molar-refractivity contribution in [2.75, 3.05) is 13.6 Å². The Morgan fingerprint density at radius 3 is 1.91 bits per heavy atom. The summed E-state index contributed by atoms with van der Waals surface area (Å²) in [6.45, 7) is 0.407. The van der Waals surface area contributed by atoms with Gasteiger partial charge < -0.3 is 20.6 Å². The van der Waals surface area contributed by atoms with Gasteiger partial charge >= 0.3 is 20.8 Å². The van der Waals surface area contributed by atoms with E-state index < -0.39 is 26.9 Å². The summed E-state index contributed by atoms with van der Waals surface area (Å²) in [5, 5.41) is 30.4. The summed E-state index contributed by atoms with van der Waals surface area (Å²) in [5.74, 6) is -0.395. The number of aliphatic hydroxyl groups excluding tert-OH is 1. The van der Waals surface area contributed by atoms with Crippen molar-refractivity contribution in [2.24, 2.45) is 0 Å². The molecule has 6 N–H and O–H groups in total. The maximum absolute atomic E-state index is 9.48. The molecule has 1 aromatic carbocycles. The highest BCUT2D eigenvalue weighted by Crippen LogP contribution is 2.27. The Labute approximate surface area is 126 Å². The lowest BCUT2D eigenvalue weighted by atomic mass is 10.1. The zero-order chi connectivity index (χ0) is 17.6. The summed E-state index contributed by atoms with van der Waals surface area (Å²) in [5.41, 5.74) is 0.574. The quantitative estimate of drug-likeness (QED) is 0.277. The van der Waals surface area contributed by atoms with Gasteiger partial charge in [-0.05, 0) is 24.7 Å². The molecule has 1 aromatic rings. The molecule has 0 bridgehead atoms. The van der Waals surface area contributed by atoms with Crippen LogP contribution < -0.4 is 5.32 Å². The first-order valence-electron chi connectivity index (χ1n) is 5.36. The predicted octanol–water partition coefficient (Wildman–Crippen LogP) is -1.04. The largest absolute Gasteiger partial charge is 0.504 e. The highest BCUT2D eigenvalue weighted by molar-refractivity contribution is 7.94. The van der Waals surface area contributed by atoms with E-state index in [1.807, 2.05) is 0 Å². The van der Waals surface area contributed by atoms with Crippen LogP contribution in [0.2, 0.25) is 0 Å². The van der Waals surface area contributed by atoms with Crippen molar-refractivity contribution in [2.45, 2.75) is 6.10 Å². The first-order valence-corrected chi connectivity index (χ1v) is 8.09. The Hall–Kier alpha value is -1.48. The number of nitrogens with one attached hydrogen (secondary N) is 1. The van der Waals surface area contributed by atoms with Gasteiger partial charge in [-0.15, -0.1) is 3.63 Å². The molecule has 0 aliphatic carbocycles. The third-order valence-electron chi connectivity index (χ3n) is 1.95. The predicted molar refractivity (Wildman–Crippen MR) is 72.8 cm³/mol. The zero-order valence-electron chi connectivity index (χ0n) is 11.1. The first-order chi connectivity index (χ1) is 9.85. The van der Waals surface area contributed by atoms with Crippen molar-refractivity contribution < 1.29 is 44.9 Å². The van der Waals surface area contributed by atoms with Crippen LogP contribution >= 0.6 is 0 Å². The highest BCUT2D eigenvalue weighted by Gasteiger charge is 2.15. The maximum atomic E-state index is 9.48. The normalized spacial score (nSPS) is 13.1. The van der Waals surface area contributed by atoms with E-state index in [4.69, 9.17) is 19.3 Å². The molecule has 0 amide bonds. The van der Waals surface area contributed by atoms with Gasteiger partial charge in [0.2, 0.25) is 0 Å². The second-order valence-electron chi connectivity index (χ2n) is 3.75. The van der Waals surface area contributed by atoms with Crippen molar-refractivity contribution in [1.82, 2.24) is 5.32 Å². The summed E-state index contributed by atoms with van der Waals surface area (Å²) in [6.07, 6.45) is -0.670. The molecule has 11 nitrogen and oxygen atoms in total. The van der Waals surface area contributed by atoms with Gasteiger partial charge in [-0.2, -0.15) is 16.8 Å². The van der Waals surface area contributed by atoms with Crippen molar-refractivity contribution in [1.29, 1.82) is 0 Å². The molecule has 22 heavy (non-hydrogen) atoms. The molecule has 0 spiro atoms. The minimum absolute atomic E-state index is 0.180. The number of hydrogen-bond acceptors (Lipinski definition) is 9. The van der Waals surface area contributed by atoms with Gasteiger partial charge in [0, 0.05) is 6.54 Å². The molecule has 128 valence electrons. The van der Waals surface area contributed by atoms with E-state index in [9.17, 15) is 21.9 Å². The summed E-state index contributed by atoms with van der Waals surface area (Å²) < 4.78 is 55.6. The topological polar surface area (TPSA) is 191 Å². The molecule has 1 rings (SSSR count). The fourth-order valence-electron chi connectivity index (χ4n) is 1.17. The molecule has 0 unspecified atom stereocenters. The van der Waals surface area contributed by atoms with Crippen LogP contribution in [0.25, 0.3) is 0 Å². The molecule has 0 aromatic heterocycles. The second-order valence-corrected chi connectivity index (χ2v) is 6.00. The third kappa shape index (κ3) is 9.46. The molecule has 0 saturated carbocycles. The number of phenols is 2. The third-order valence-corrected chi connectivity index (χ3v) is 3.33. The van der Waals surface area contributed by atoms with E-state index in [2.05, 4.69) is 8.95 Å². The van der Waals surface area contributed by atoms with Gasteiger partial charge in [-0.1, -0.05) is 6.07 Å². The summed E-state index contributed by atoms with van der Waals surface area (Å²) in [4.78, 5) is 0. The van der Waals surface area contributed by atoms with E-state index in [1.165, 1.54) is 12.1 Å². The van der Waals surface area contributed by atoms with E-state index in [0.717, 1.165) is 0 Å². The fourth-order valence-corrected chi connectivity index (χ4v) is 2.04. The number of hydrogen-bond donors (Lipinski definition) is 6. The van der Waals surface area contributed by atoms with Crippen molar-refractivity contribution in [3.05, 3.63) is 23.8 Å². The molecule has 0 aliphatic heterocycles. The molecule has 1 atom stereocenters. The molecule has 0 heterocycles. The number of benzene rings is 1. The van der Waals surface area contributed by atoms with E-state index in [0.29, 0.717) is 12.1 Å². The standard InChI is InChI=1S/C9H13NO3.H2O7S2/c1-10-5-9(13)6-2-3-7(11)8(12)4-6;1-8(2,3)7-9(4,5)6/h2-4,9-13H,5H2,1H3;(H,1,2,3)(H,4,5,6)/t9-;/m0./s1. The Morgan fingerprint density at radius 2 is 1.59 bits per heavy atom. The van der Waals surface area contributed by atoms with E-state index >= 15 is 0 Å². The van der Waals surface area contributed by atoms with Crippen LogP contribution in [0.15, 0.2) is 18.2 Å². The van der Waals surface area contributed by atoms with Crippen LogP contribution in [0.5, 0.6) is 11.5 Å². The van der Waals surface area contributed by atoms with E-state index in [-0.39, 0.29) is 11.5 Å². The molecule has 0 fully saturated rings. The first kappa shape index (κ1) is 20.5. The molecule has 0 saturated heterocycles. The van der Waals surface area contributed by atoms with E-state index in [1.54, 1.807) is 13.1 Å². The van der Waals surface area contributed by atoms with Gasteiger partial charge in [0.05, 0.1) is 6.10 Å². The van der Waals surface area contributed by atoms with Crippen LogP contribution in [0, 0.1) is 0 Å². The smallest absolute Gasteiger partial charge is 0.413 e. The molecular formula is C9H15NO10S2. The van der Waals surface area contributed by atoms with Crippen molar-refractivity contribution in [3.63, 3.8) is 0 Å². The number of phenolic OH excluding ortho intramolecular Hbond substituents is 2. The van der Waals surface area contributed by atoms with Gasteiger partial charge in [0.25, 0.3) is 0 Å². The fraction of sp³-hybridized carbons (Fsp3) is 0.333. The molecule has 0 radical (unpaired) electrons. The summed E-state index contributed by atoms with van der Waals surface area (Å²) in [7, 11) is -8.51. The number of aromatic hydroxyl groups is 2. The molecular weight excluding hydrogens is 346 g/mol. The number of likely N-dealkylation sites (N-methyl/N-ethyl adjacent to an activating group) is 1. The van der Waals surface area contributed by atoms with Gasteiger partial charge in [-0.25, -0.2) is 0 Å². The second kappa shape index (κ2) is 8.23. The monoisotopic (exact) mass is 361 g/mol. The summed E-state index contributed by atoms with van der Waals surface area (Å²) >= 11 is 0. The lowest BCUT2D eigenvalue weighted by molar-refractivity contribution is 0.177. The minimum Gasteiger partial charge on any atom is -0.504 e. The SMILES string of the molecule is CNC[C@H](O)c1ccc(O)c(O)c1.O=S(=O)(O)OS(=O)(=O)O. The summed E-state index contributed by atoms with van der Waals surface area (Å²) in [6, 6.07) is 4.26. The average molecular weight is 361 g/mol. The van der Waals surface area contributed by atoms with Gasteiger partial charge in [0.1, 0.15) is 0 Å². The molecule has 13 heteroatoms. The Bertz CT molecular complexity index is 654. The lowest BCUT2D eigenvalue weighted by Crippen LogP contribution is -2.16. The van der Waals surface area contributed by atoms with Crippen molar-refractivity contribution in [3.8, 4) is 11.5 Å². The Kier molecular flexibility index (Phi) is 7.68. The molecule has 0 aliphatic rings. The Balaban J connectivity index is 0.000000433. The van der Waals surface area contributed by atoms with Gasteiger partial charge in [-0.3, -0.25) is 9.11 Å². The number of aliphatic hydroxyl groups is 1. The number of rotatable bonds is 5. The van der Waals surface area contributed by atoms with Crippen molar-refractivity contribution >= 4 is 20.8 Å².